The fourth-order valence-electron chi connectivity index (χ4n) is 3.38. The average Bonchev–Trinajstić information content (AvgIpc) is 3.12. The normalized spacial score (nSPS) is 15.2. The van der Waals surface area contributed by atoms with Crippen LogP contribution in [0.4, 0.5) is 5.13 Å². The number of piperazine rings is 1. The molecule has 0 unspecified atom stereocenters. The van der Waals surface area contributed by atoms with Gasteiger partial charge in [0.2, 0.25) is 5.91 Å². The van der Waals surface area contributed by atoms with Gasteiger partial charge in [0.1, 0.15) is 5.52 Å². The maximum absolute atomic E-state index is 12.5. The molecule has 1 aliphatic rings. The molecule has 0 atom stereocenters. The summed E-state index contributed by atoms with van der Waals surface area (Å²) in [6, 6.07) is 15.0. The summed E-state index contributed by atoms with van der Waals surface area (Å²) in [6.45, 7) is 2.66. The first kappa shape index (κ1) is 18.9. The highest BCUT2D eigenvalue weighted by Crippen LogP contribution is 2.33. The molecule has 2 aromatic carbocycles. The van der Waals surface area contributed by atoms with Crippen molar-refractivity contribution in [3.05, 3.63) is 54.1 Å². The molecule has 0 spiro atoms. The fourth-order valence-corrected chi connectivity index (χ4v) is 5.32. The molecule has 28 heavy (non-hydrogen) atoms. The van der Waals surface area contributed by atoms with E-state index < -0.39 is 9.84 Å². The van der Waals surface area contributed by atoms with Gasteiger partial charge in [0.25, 0.3) is 0 Å². The Labute approximate surface area is 168 Å². The number of carbonyl (C=O) groups is 1. The monoisotopic (exact) mass is 415 g/mol. The molecule has 1 saturated heterocycles. The Balaban J connectivity index is 1.46. The third-order valence-electron chi connectivity index (χ3n) is 4.87. The lowest BCUT2D eigenvalue weighted by Crippen LogP contribution is -2.49. The van der Waals surface area contributed by atoms with Crippen molar-refractivity contribution in [1.29, 1.82) is 0 Å². The summed E-state index contributed by atoms with van der Waals surface area (Å²) < 4.78 is 24.9. The summed E-state index contributed by atoms with van der Waals surface area (Å²) in [7, 11) is -3.32. The summed E-state index contributed by atoms with van der Waals surface area (Å²) in [5.74, 6) is 0.134. The standard InChI is InChI=1S/C20H21N3O3S2/c1-28(25,26)17-9-5-8-16-19(17)21-20(27-16)23-12-10-22(11-13-23)18(24)14-15-6-3-2-4-7-15/h2-9H,10-14H2,1H3. The van der Waals surface area contributed by atoms with E-state index in [-0.39, 0.29) is 10.8 Å². The summed E-state index contributed by atoms with van der Waals surface area (Å²) in [4.78, 5) is 21.4. The van der Waals surface area contributed by atoms with Crippen molar-refractivity contribution in [2.24, 2.45) is 0 Å². The van der Waals surface area contributed by atoms with Crippen LogP contribution in [0, 0.1) is 0 Å². The van der Waals surface area contributed by atoms with Crippen LogP contribution in [-0.2, 0) is 21.1 Å². The summed E-state index contributed by atoms with van der Waals surface area (Å²) in [6.07, 6.45) is 1.62. The van der Waals surface area contributed by atoms with Crippen LogP contribution in [0.25, 0.3) is 10.2 Å². The first-order valence-corrected chi connectivity index (χ1v) is 11.8. The van der Waals surface area contributed by atoms with Gasteiger partial charge in [0.15, 0.2) is 15.0 Å². The highest BCUT2D eigenvalue weighted by atomic mass is 32.2. The van der Waals surface area contributed by atoms with Gasteiger partial charge in [-0.15, -0.1) is 0 Å². The lowest BCUT2D eigenvalue weighted by Gasteiger charge is -2.34. The number of sulfone groups is 1. The third-order valence-corrected chi connectivity index (χ3v) is 7.08. The Kier molecular flexibility index (Phi) is 5.07. The molecule has 3 aromatic rings. The Bertz CT molecular complexity index is 1100. The molecular weight excluding hydrogens is 394 g/mol. The second kappa shape index (κ2) is 7.52. The largest absolute Gasteiger partial charge is 0.345 e. The Hall–Kier alpha value is -2.45. The summed E-state index contributed by atoms with van der Waals surface area (Å²) in [5.41, 5.74) is 1.56. The highest BCUT2D eigenvalue weighted by molar-refractivity contribution is 7.91. The molecule has 0 N–H and O–H groups in total. The number of carbonyl (C=O) groups excluding carboxylic acids is 1. The molecule has 2 heterocycles. The molecule has 0 saturated carbocycles. The molecule has 1 amide bonds. The SMILES string of the molecule is CS(=O)(=O)c1cccc2sc(N3CCN(C(=O)Cc4ccccc4)CC3)nc12. The Morgan fingerprint density at radius 3 is 2.43 bits per heavy atom. The molecule has 0 radical (unpaired) electrons. The summed E-state index contributed by atoms with van der Waals surface area (Å²) in [5, 5.41) is 0.807. The second-order valence-electron chi connectivity index (χ2n) is 6.90. The van der Waals surface area contributed by atoms with Crippen molar-refractivity contribution < 1.29 is 13.2 Å². The predicted octanol–water partition coefficient (Wildman–Crippen LogP) is 2.59. The van der Waals surface area contributed by atoms with E-state index in [4.69, 9.17) is 0 Å². The van der Waals surface area contributed by atoms with Gasteiger partial charge in [-0.1, -0.05) is 47.7 Å². The molecule has 6 nitrogen and oxygen atoms in total. The number of anilines is 1. The smallest absolute Gasteiger partial charge is 0.227 e. The predicted molar refractivity (Wildman–Crippen MR) is 112 cm³/mol. The zero-order valence-corrected chi connectivity index (χ0v) is 17.2. The van der Waals surface area contributed by atoms with Crippen LogP contribution >= 0.6 is 11.3 Å². The van der Waals surface area contributed by atoms with Gasteiger partial charge >= 0.3 is 0 Å². The van der Waals surface area contributed by atoms with Crippen LogP contribution in [0.15, 0.2) is 53.4 Å². The number of hydrogen-bond donors (Lipinski definition) is 0. The van der Waals surface area contributed by atoms with Crippen LogP contribution in [0.2, 0.25) is 0 Å². The minimum absolute atomic E-state index is 0.134. The lowest BCUT2D eigenvalue weighted by molar-refractivity contribution is -0.130. The third kappa shape index (κ3) is 3.88. The second-order valence-corrected chi connectivity index (χ2v) is 9.89. The van der Waals surface area contributed by atoms with Gasteiger partial charge in [-0.25, -0.2) is 13.4 Å². The highest BCUT2D eigenvalue weighted by Gasteiger charge is 2.24. The minimum Gasteiger partial charge on any atom is -0.345 e. The maximum Gasteiger partial charge on any atom is 0.227 e. The van der Waals surface area contributed by atoms with Crippen molar-refractivity contribution >= 4 is 42.4 Å². The quantitative estimate of drug-likeness (QED) is 0.655. The first-order valence-electron chi connectivity index (χ1n) is 9.08. The van der Waals surface area contributed by atoms with E-state index in [9.17, 15) is 13.2 Å². The summed E-state index contributed by atoms with van der Waals surface area (Å²) >= 11 is 1.49. The maximum atomic E-state index is 12.5. The number of nitrogens with zero attached hydrogens (tertiary/aromatic N) is 3. The number of fused-ring (bicyclic) bond motifs is 1. The fraction of sp³-hybridized carbons (Fsp3) is 0.300. The number of hydrogen-bond acceptors (Lipinski definition) is 6. The van der Waals surface area contributed by atoms with Crippen LogP contribution in [0.1, 0.15) is 5.56 Å². The zero-order valence-electron chi connectivity index (χ0n) is 15.5. The van der Waals surface area contributed by atoms with Gasteiger partial charge in [-0.2, -0.15) is 0 Å². The Morgan fingerprint density at radius 1 is 1.04 bits per heavy atom. The lowest BCUT2D eigenvalue weighted by atomic mass is 10.1. The van der Waals surface area contributed by atoms with E-state index in [1.54, 1.807) is 12.1 Å². The topological polar surface area (TPSA) is 70.6 Å². The van der Waals surface area contributed by atoms with Crippen molar-refractivity contribution in [2.45, 2.75) is 11.3 Å². The zero-order chi connectivity index (χ0) is 19.7. The van der Waals surface area contributed by atoms with Crippen molar-refractivity contribution in [2.75, 3.05) is 37.3 Å². The van der Waals surface area contributed by atoms with Crippen molar-refractivity contribution in [3.8, 4) is 0 Å². The van der Waals surface area contributed by atoms with Crippen LogP contribution in [0.5, 0.6) is 0 Å². The molecule has 1 aliphatic heterocycles. The van der Waals surface area contributed by atoms with Gasteiger partial charge in [-0.3, -0.25) is 4.79 Å². The molecule has 146 valence electrons. The van der Waals surface area contributed by atoms with E-state index in [0.717, 1.165) is 15.4 Å². The van der Waals surface area contributed by atoms with Crippen LogP contribution in [-0.4, -0.2) is 56.6 Å². The molecule has 1 fully saturated rings. The molecule has 0 aliphatic carbocycles. The van der Waals surface area contributed by atoms with E-state index in [1.165, 1.54) is 17.6 Å². The number of para-hydroxylation sites is 1. The van der Waals surface area contributed by atoms with Crippen LogP contribution in [0.3, 0.4) is 0 Å². The van der Waals surface area contributed by atoms with Gasteiger partial charge in [0, 0.05) is 32.4 Å². The molecule has 8 heteroatoms. The van der Waals surface area contributed by atoms with Gasteiger partial charge in [-0.05, 0) is 17.7 Å². The molecule has 4 rings (SSSR count). The van der Waals surface area contributed by atoms with E-state index in [0.29, 0.717) is 38.1 Å². The number of aromatic nitrogens is 1. The van der Waals surface area contributed by atoms with Crippen molar-refractivity contribution in [3.63, 3.8) is 0 Å². The number of benzene rings is 2. The van der Waals surface area contributed by atoms with E-state index in [2.05, 4.69) is 9.88 Å². The van der Waals surface area contributed by atoms with Gasteiger partial charge in [0.05, 0.1) is 16.0 Å². The number of amides is 1. The van der Waals surface area contributed by atoms with E-state index in [1.807, 2.05) is 41.3 Å². The first-order chi connectivity index (χ1) is 13.4. The minimum atomic E-state index is -3.32. The molecular formula is C20H21N3O3S2. The van der Waals surface area contributed by atoms with E-state index >= 15 is 0 Å². The average molecular weight is 416 g/mol. The Morgan fingerprint density at radius 2 is 1.75 bits per heavy atom. The number of thiazole rings is 1. The van der Waals surface area contributed by atoms with Gasteiger partial charge < -0.3 is 9.80 Å². The van der Waals surface area contributed by atoms with Crippen molar-refractivity contribution in [1.82, 2.24) is 9.88 Å². The molecule has 1 aromatic heterocycles. The molecule has 0 bridgehead atoms. The van der Waals surface area contributed by atoms with Crippen LogP contribution < -0.4 is 4.90 Å². The number of rotatable bonds is 4.